The number of amides is 1. The van der Waals surface area contributed by atoms with Crippen LogP contribution in [0.3, 0.4) is 0 Å². The maximum Gasteiger partial charge on any atom is 0.341 e. The Kier molecular flexibility index (Phi) is 7.31. The Bertz CT molecular complexity index is 748. The summed E-state index contributed by atoms with van der Waals surface area (Å²) in [7, 11) is 0. The fourth-order valence-electron chi connectivity index (χ4n) is 1.69. The number of aliphatic carboxylic acids is 1. The highest BCUT2D eigenvalue weighted by atomic mass is 35.5. The van der Waals surface area contributed by atoms with Crippen molar-refractivity contribution in [3.63, 3.8) is 0 Å². The number of nitrogens with zero attached hydrogens (tertiary/aromatic N) is 1. The Morgan fingerprint density at radius 2 is 1.84 bits per heavy atom. The van der Waals surface area contributed by atoms with Gasteiger partial charge >= 0.3 is 5.97 Å². The van der Waals surface area contributed by atoms with E-state index in [1.807, 2.05) is 12.1 Å². The van der Waals surface area contributed by atoms with E-state index in [-0.39, 0.29) is 11.7 Å². The third-order valence-electron chi connectivity index (χ3n) is 2.83. The average molecular weight is 379 g/mol. The van der Waals surface area contributed by atoms with E-state index in [1.54, 1.807) is 36.4 Å². The van der Waals surface area contributed by atoms with Crippen molar-refractivity contribution in [2.24, 2.45) is 5.10 Å². The minimum atomic E-state index is -1.04. The number of carboxylic acids is 1. The minimum Gasteiger partial charge on any atom is -0.482 e. The number of hydrogen-bond acceptors (Lipinski definition) is 5. The topological polar surface area (TPSA) is 88.0 Å². The third-order valence-corrected chi connectivity index (χ3v) is 4.09. The molecule has 6 nitrogen and oxygen atoms in total. The average Bonchev–Trinajstić information content (AvgIpc) is 2.60. The van der Waals surface area contributed by atoms with Crippen molar-refractivity contribution in [3.8, 4) is 5.75 Å². The molecule has 2 aromatic carbocycles. The van der Waals surface area contributed by atoms with Crippen LogP contribution < -0.4 is 10.2 Å². The lowest BCUT2D eigenvalue weighted by atomic mass is 10.2. The summed E-state index contributed by atoms with van der Waals surface area (Å²) >= 11 is 7.18. The molecule has 0 fully saturated rings. The van der Waals surface area contributed by atoms with Gasteiger partial charge in [-0.25, -0.2) is 10.2 Å². The van der Waals surface area contributed by atoms with Crippen LogP contribution in [0.5, 0.6) is 5.75 Å². The van der Waals surface area contributed by atoms with E-state index in [4.69, 9.17) is 21.4 Å². The molecule has 0 atom stereocenters. The van der Waals surface area contributed by atoms with Gasteiger partial charge in [-0.2, -0.15) is 5.10 Å². The van der Waals surface area contributed by atoms with E-state index >= 15 is 0 Å². The van der Waals surface area contributed by atoms with Gasteiger partial charge in [0.05, 0.1) is 12.0 Å². The lowest BCUT2D eigenvalue weighted by Crippen LogP contribution is -2.19. The Morgan fingerprint density at radius 3 is 2.48 bits per heavy atom. The van der Waals surface area contributed by atoms with Crippen LogP contribution >= 0.6 is 23.4 Å². The smallest absolute Gasteiger partial charge is 0.341 e. The summed E-state index contributed by atoms with van der Waals surface area (Å²) in [5, 5.41) is 13.1. The summed E-state index contributed by atoms with van der Waals surface area (Å²) in [5.41, 5.74) is 3.19. The number of ether oxygens (including phenoxy) is 1. The van der Waals surface area contributed by atoms with Crippen LogP contribution in [0.15, 0.2) is 58.5 Å². The molecule has 0 aliphatic heterocycles. The number of carbonyl (C=O) groups excluding carboxylic acids is 1. The van der Waals surface area contributed by atoms with Gasteiger partial charge in [0, 0.05) is 9.92 Å². The Labute approximate surface area is 153 Å². The molecule has 0 heterocycles. The van der Waals surface area contributed by atoms with Gasteiger partial charge in [-0.1, -0.05) is 11.6 Å². The van der Waals surface area contributed by atoms with E-state index in [2.05, 4.69) is 10.5 Å². The number of hydrogen-bond donors (Lipinski definition) is 2. The number of carboxylic acid groups (broad SMARTS) is 1. The number of benzene rings is 2. The molecule has 0 aliphatic rings. The first-order chi connectivity index (χ1) is 12.0. The molecule has 0 aromatic heterocycles. The second kappa shape index (κ2) is 9.71. The van der Waals surface area contributed by atoms with Gasteiger partial charge in [-0.05, 0) is 54.1 Å². The zero-order valence-corrected chi connectivity index (χ0v) is 14.6. The molecule has 0 aliphatic carbocycles. The summed E-state index contributed by atoms with van der Waals surface area (Å²) in [4.78, 5) is 23.1. The first-order valence-electron chi connectivity index (χ1n) is 7.18. The van der Waals surface area contributed by atoms with Gasteiger partial charge in [0.1, 0.15) is 5.75 Å². The minimum absolute atomic E-state index is 0.224. The molecule has 2 N–H and O–H groups in total. The second-order valence-corrected chi connectivity index (χ2v) is 6.27. The molecule has 0 spiro atoms. The van der Waals surface area contributed by atoms with E-state index in [0.717, 1.165) is 10.5 Å². The lowest BCUT2D eigenvalue weighted by Gasteiger charge is -2.03. The van der Waals surface area contributed by atoms with Crippen LogP contribution in [0.25, 0.3) is 0 Å². The van der Waals surface area contributed by atoms with Gasteiger partial charge in [-0.3, -0.25) is 4.79 Å². The van der Waals surface area contributed by atoms with E-state index in [1.165, 1.54) is 18.0 Å². The van der Waals surface area contributed by atoms with Crippen LogP contribution in [0.1, 0.15) is 5.56 Å². The summed E-state index contributed by atoms with van der Waals surface area (Å²) < 4.78 is 5.02. The molecule has 8 heteroatoms. The van der Waals surface area contributed by atoms with E-state index < -0.39 is 12.6 Å². The molecule has 0 radical (unpaired) electrons. The predicted molar refractivity (Wildman–Crippen MR) is 97.5 cm³/mol. The van der Waals surface area contributed by atoms with E-state index in [9.17, 15) is 9.59 Å². The van der Waals surface area contributed by atoms with Gasteiger partial charge in [0.15, 0.2) is 6.61 Å². The lowest BCUT2D eigenvalue weighted by molar-refractivity contribution is -0.139. The van der Waals surface area contributed by atoms with Crippen molar-refractivity contribution >= 4 is 41.5 Å². The van der Waals surface area contributed by atoms with Gasteiger partial charge in [0.2, 0.25) is 5.91 Å². The maximum atomic E-state index is 11.7. The molecule has 25 heavy (non-hydrogen) atoms. The van der Waals surface area contributed by atoms with Gasteiger partial charge in [-0.15, -0.1) is 11.8 Å². The van der Waals surface area contributed by atoms with Crippen molar-refractivity contribution < 1.29 is 19.4 Å². The normalized spacial score (nSPS) is 10.6. The van der Waals surface area contributed by atoms with Crippen LogP contribution in [-0.4, -0.2) is 35.6 Å². The van der Waals surface area contributed by atoms with Crippen molar-refractivity contribution in [2.75, 3.05) is 12.4 Å². The fraction of sp³-hybridized carbons (Fsp3) is 0.118. The molecule has 0 unspecified atom stereocenters. The maximum absolute atomic E-state index is 11.7. The summed E-state index contributed by atoms with van der Waals surface area (Å²) in [6, 6.07) is 13.9. The molecule has 1 amide bonds. The highest BCUT2D eigenvalue weighted by Crippen LogP contribution is 2.19. The number of halogens is 1. The molecular formula is C17H15ClN2O4S. The third kappa shape index (κ3) is 7.28. The number of nitrogens with one attached hydrogen (secondary N) is 1. The van der Waals surface area contributed by atoms with Crippen LogP contribution in [0, 0.1) is 0 Å². The number of hydrazone groups is 1. The monoisotopic (exact) mass is 378 g/mol. The Balaban J connectivity index is 1.74. The fourth-order valence-corrected chi connectivity index (χ4v) is 2.50. The molecular weight excluding hydrogens is 364 g/mol. The summed E-state index contributed by atoms with van der Waals surface area (Å²) in [5.74, 6) is -0.577. The zero-order chi connectivity index (χ0) is 18.1. The zero-order valence-electron chi connectivity index (χ0n) is 13.0. The van der Waals surface area contributed by atoms with Gasteiger partial charge < -0.3 is 9.84 Å². The van der Waals surface area contributed by atoms with Crippen molar-refractivity contribution in [1.29, 1.82) is 0 Å². The first kappa shape index (κ1) is 18.8. The molecule has 0 bridgehead atoms. The number of thioether (sulfide) groups is 1. The van der Waals surface area contributed by atoms with Crippen LogP contribution in [0.2, 0.25) is 5.02 Å². The SMILES string of the molecule is O=C(O)COc1ccc(C=NNC(=O)CSc2ccc(Cl)cc2)cc1. The van der Waals surface area contributed by atoms with Crippen LogP contribution in [0.4, 0.5) is 0 Å². The molecule has 0 saturated carbocycles. The molecule has 2 aromatic rings. The number of carbonyl (C=O) groups is 2. The summed E-state index contributed by atoms with van der Waals surface area (Å²) in [6.07, 6.45) is 1.49. The van der Waals surface area contributed by atoms with Gasteiger partial charge in [0.25, 0.3) is 0 Å². The van der Waals surface area contributed by atoms with Crippen molar-refractivity contribution in [1.82, 2.24) is 5.43 Å². The standard InChI is InChI=1S/C17H15ClN2O4S/c18-13-3-7-15(8-4-13)25-11-16(21)20-19-9-12-1-5-14(6-2-12)24-10-17(22)23/h1-9H,10-11H2,(H,20,21)(H,22,23). The molecule has 130 valence electrons. The molecule has 2 rings (SSSR count). The predicted octanol–water partition coefficient (Wildman–Crippen LogP) is 3.05. The van der Waals surface area contributed by atoms with Crippen molar-refractivity contribution in [2.45, 2.75) is 4.90 Å². The van der Waals surface area contributed by atoms with Crippen LogP contribution in [-0.2, 0) is 9.59 Å². The van der Waals surface area contributed by atoms with Crippen molar-refractivity contribution in [3.05, 3.63) is 59.1 Å². The number of rotatable bonds is 8. The largest absolute Gasteiger partial charge is 0.482 e. The highest BCUT2D eigenvalue weighted by molar-refractivity contribution is 8.00. The summed E-state index contributed by atoms with van der Waals surface area (Å²) in [6.45, 7) is -0.394. The molecule has 0 saturated heterocycles. The quantitative estimate of drug-likeness (QED) is 0.418. The Hall–Kier alpha value is -2.51. The Morgan fingerprint density at radius 1 is 1.16 bits per heavy atom. The second-order valence-electron chi connectivity index (χ2n) is 4.79. The first-order valence-corrected chi connectivity index (χ1v) is 8.54. The highest BCUT2D eigenvalue weighted by Gasteiger charge is 2.02. The van der Waals surface area contributed by atoms with E-state index in [0.29, 0.717) is 10.8 Å².